The second-order valence-electron chi connectivity index (χ2n) is 5.45. The van der Waals surface area contributed by atoms with Gasteiger partial charge in [-0.1, -0.05) is 13.8 Å². The Morgan fingerprint density at radius 2 is 2.16 bits per heavy atom. The molecule has 1 fully saturated rings. The van der Waals surface area contributed by atoms with Gasteiger partial charge in [-0.3, -0.25) is 0 Å². The lowest BCUT2D eigenvalue weighted by Crippen LogP contribution is -2.43. The fourth-order valence-corrected chi connectivity index (χ4v) is 2.62. The smallest absolute Gasteiger partial charge is 0.149 e. The Balaban J connectivity index is 2.16. The highest BCUT2D eigenvalue weighted by Gasteiger charge is 2.20. The zero-order chi connectivity index (χ0) is 13.8. The van der Waals surface area contributed by atoms with Crippen molar-refractivity contribution in [2.75, 3.05) is 24.5 Å². The van der Waals surface area contributed by atoms with E-state index in [1.807, 2.05) is 4.90 Å². The highest BCUT2D eigenvalue weighted by molar-refractivity contribution is 5.48. The molecule has 106 valence electrons. The summed E-state index contributed by atoms with van der Waals surface area (Å²) in [5.41, 5.74) is 0.519. The van der Waals surface area contributed by atoms with E-state index in [1.54, 1.807) is 6.07 Å². The maximum absolute atomic E-state index is 13.9. The molecule has 1 aromatic rings. The summed E-state index contributed by atoms with van der Waals surface area (Å²) in [6.45, 7) is 6.86. The summed E-state index contributed by atoms with van der Waals surface area (Å²) in [5, 5.41) is 3.54. The van der Waals surface area contributed by atoms with Crippen LogP contribution in [0.1, 0.15) is 26.7 Å². The van der Waals surface area contributed by atoms with Gasteiger partial charge in [-0.05, 0) is 37.4 Å². The minimum atomic E-state index is -0.519. The monoisotopic (exact) mass is 268 g/mol. The number of anilines is 1. The van der Waals surface area contributed by atoms with Crippen LogP contribution in [0.5, 0.6) is 0 Å². The van der Waals surface area contributed by atoms with Crippen LogP contribution in [-0.2, 0) is 0 Å². The second-order valence-corrected chi connectivity index (χ2v) is 5.45. The van der Waals surface area contributed by atoms with E-state index in [0.717, 1.165) is 38.5 Å². The highest BCUT2D eigenvalue weighted by Crippen LogP contribution is 2.23. The van der Waals surface area contributed by atoms with Gasteiger partial charge < -0.3 is 10.2 Å². The summed E-state index contributed by atoms with van der Waals surface area (Å²) in [4.78, 5) is 2.04. The van der Waals surface area contributed by atoms with E-state index in [-0.39, 0.29) is 0 Å². The van der Waals surface area contributed by atoms with Crippen molar-refractivity contribution >= 4 is 5.69 Å². The quantitative estimate of drug-likeness (QED) is 0.886. The molecule has 4 heteroatoms. The van der Waals surface area contributed by atoms with Crippen LogP contribution < -0.4 is 10.2 Å². The van der Waals surface area contributed by atoms with Gasteiger partial charge in [-0.25, -0.2) is 8.78 Å². The van der Waals surface area contributed by atoms with E-state index in [1.165, 1.54) is 6.07 Å². The van der Waals surface area contributed by atoms with Gasteiger partial charge in [0, 0.05) is 25.2 Å². The number of rotatable bonds is 2. The molecule has 1 N–H and O–H groups in total. The number of hydrogen-bond donors (Lipinski definition) is 1. The molecule has 1 saturated heterocycles. The zero-order valence-electron chi connectivity index (χ0n) is 11.6. The highest BCUT2D eigenvalue weighted by atomic mass is 19.1. The van der Waals surface area contributed by atoms with E-state index in [9.17, 15) is 8.78 Å². The van der Waals surface area contributed by atoms with Crippen molar-refractivity contribution in [3.8, 4) is 0 Å². The molecule has 0 saturated carbocycles. The summed E-state index contributed by atoms with van der Waals surface area (Å²) in [5.74, 6) is -0.540. The topological polar surface area (TPSA) is 15.3 Å². The minimum absolute atomic E-state index is 0.443. The number of nitrogens with zero attached hydrogens (tertiary/aromatic N) is 1. The predicted octanol–water partition coefficient (Wildman–Crippen LogP) is 3.18. The van der Waals surface area contributed by atoms with Crippen molar-refractivity contribution in [1.29, 1.82) is 0 Å². The lowest BCUT2D eigenvalue weighted by atomic mass is 10.0. The van der Waals surface area contributed by atoms with Crippen LogP contribution in [-0.4, -0.2) is 25.7 Å². The first-order chi connectivity index (χ1) is 9.10. The molecule has 2 atom stereocenters. The third-order valence-electron chi connectivity index (χ3n) is 3.78. The molecular weight excluding hydrogens is 246 g/mol. The van der Waals surface area contributed by atoms with Crippen LogP contribution in [0, 0.1) is 17.6 Å². The molecule has 2 unspecified atom stereocenters. The zero-order valence-corrected chi connectivity index (χ0v) is 11.6. The summed E-state index contributed by atoms with van der Waals surface area (Å²) < 4.78 is 26.9. The number of hydrogen-bond acceptors (Lipinski definition) is 2. The molecule has 0 aliphatic carbocycles. The summed E-state index contributed by atoms with van der Waals surface area (Å²) in [7, 11) is 0. The minimum Gasteiger partial charge on any atom is -0.369 e. The maximum Gasteiger partial charge on any atom is 0.149 e. The lowest BCUT2D eigenvalue weighted by Gasteiger charge is -2.33. The van der Waals surface area contributed by atoms with Crippen molar-refractivity contribution in [2.45, 2.75) is 32.7 Å². The first-order valence-electron chi connectivity index (χ1n) is 7.03. The fraction of sp³-hybridized carbons (Fsp3) is 0.600. The Hall–Kier alpha value is -1.16. The molecule has 1 aliphatic rings. The van der Waals surface area contributed by atoms with Gasteiger partial charge in [0.15, 0.2) is 0 Å². The van der Waals surface area contributed by atoms with E-state index < -0.39 is 11.6 Å². The van der Waals surface area contributed by atoms with Crippen molar-refractivity contribution < 1.29 is 8.78 Å². The molecule has 2 nitrogen and oxygen atoms in total. The van der Waals surface area contributed by atoms with Gasteiger partial charge in [0.2, 0.25) is 0 Å². The largest absolute Gasteiger partial charge is 0.369 e. The summed E-state index contributed by atoms with van der Waals surface area (Å²) in [6, 6.07) is 4.33. The first kappa shape index (κ1) is 14.3. The molecule has 2 rings (SSSR count). The van der Waals surface area contributed by atoms with Crippen LogP contribution >= 0.6 is 0 Å². The number of benzene rings is 1. The van der Waals surface area contributed by atoms with Crippen LogP contribution in [0.4, 0.5) is 14.5 Å². The van der Waals surface area contributed by atoms with Gasteiger partial charge in [-0.2, -0.15) is 0 Å². The lowest BCUT2D eigenvalue weighted by molar-refractivity contribution is 0.386. The molecule has 0 bridgehead atoms. The van der Waals surface area contributed by atoms with Crippen molar-refractivity contribution in [3.63, 3.8) is 0 Å². The first-order valence-corrected chi connectivity index (χ1v) is 7.03. The Labute approximate surface area is 113 Å². The van der Waals surface area contributed by atoms with Gasteiger partial charge in [0.25, 0.3) is 0 Å². The Kier molecular flexibility index (Phi) is 4.75. The fourth-order valence-electron chi connectivity index (χ4n) is 2.62. The normalized spacial score (nSPS) is 24.9. The molecule has 0 radical (unpaired) electrons. The van der Waals surface area contributed by atoms with E-state index >= 15 is 0 Å². The number of nitrogens with one attached hydrogen (secondary N) is 1. The van der Waals surface area contributed by atoms with Gasteiger partial charge in [0.1, 0.15) is 11.6 Å². The second kappa shape index (κ2) is 6.33. The number of halogens is 2. The van der Waals surface area contributed by atoms with Crippen LogP contribution in [0.3, 0.4) is 0 Å². The SMILES string of the molecule is CCC1CCN(c2ccc(F)cc2F)CC(C)CN1. The average molecular weight is 268 g/mol. The van der Waals surface area contributed by atoms with Crippen molar-refractivity contribution in [1.82, 2.24) is 5.32 Å². The molecular formula is C15H22F2N2. The Bertz CT molecular complexity index is 423. The van der Waals surface area contributed by atoms with Crippen molar-refractivity contribution in [2.24, 2.45) is 5.92 Å². The van der Waals surface area contributed by atoms with Crippen molar-refractivity contribution in [3.05, 3.63) is 29.8 Å². The summed E-state index contributed by atoms with van der Waals surface area (Å²) >= 11 is 0. The van der Waals surface area contributed by atoms with E-state index in [0.29, 0.717) is 17.6 Å². The third kappa shape index (κ3) is 3.66. The van der Waals surface area contributed by atoms with E-state index in [2.05, 4.69) is 19.2 Å². The Morgan fingerprint density at radius 1 is 1.37 bits per heavy atom. The predicted molar refractivity (Wildman–Crippen MR) is 74.4 cm³/mol. The van der Waals surface area contributed by atoms with E-state index in [4.69, 9.17) is 0 Å². The van der Waals surface area contributed by atoms with Gasteiger partial charge in [0.05, 0.1) is 5.69 Å². The standard InChI is InChI=1S/C15H22F2N2/c1-3-13-6-7-19(10-11(2)9-18-13)15-5-4-12(16)8-14(15)17/h4-5,8,11,13,18H,3,6-7,9-10H2,1-2H3. The molecule has 1 aliphatic heterocycles. The average Bonchev–Trinajstić information content (AvgIpc) is 2.35. The van der Waals surface area contributed by atoms with Gasteiger partial charge >= 0.3 is 0 Å². The molecule has 1 heterocycles. The molecule has 0 amide bonds. The molecule has 19 heavy (non-hydrogen) atoms. The van der Waals surface area contributed by atoms with Crippen LogP contribution in [0.2, 0.25) is 0 Å². The Morgan fingerprint density at radius 3 is 2.84 bits per heavy atom. The third-order valence-corrected chi connectivity index (χ3v) is 3.78. The molecule has 0 aromatic heterocycles. The molecule has 1 aromatic carbocycles. The van der Waals surface area contributed by atoms with Crippen LogP contribution in [0.15, 0.2) is 18.2 Å². The molecule has 0 spiro atoms. The van der Waals surface area contributed by atoms with Gasteiger partial charge in [-0.15, -0.1) is 0 Å². The maximum atomic E-state index is 13.9. The van der Waals surface area contributed by atoms with Crippen LogP contribution in [0.25, 0.3) is 0 Å². The summed E-state index contributed by atoms with van der Waals surface area (Å²) in [6.07, 6.45) is 2.06.